The second-order valence-corrected chi connectivity index (χ2v) is 7.11. The van der Waals surface area contributed by atoms with Crippen LogP contribution in [0, 0.1) is 6.92 Å². The molecule has 3 rings (SSSR count). The zero-order chi connectivity index (χ0) is 20.3. The van der Waals surface area contributed by atoms with Crippen LogP contribution in [0.5, 0.6) is 0 Å². The largest absolute Gasteiger partial charge is 0.454 e. The summed E-state index contributed by atoms with van der Waals surface area (Å²) in [4.78, 5) is 36.3. The molecule has 7 nitrogen and oxygen atoms in total. The van der Waals surface area contributed by atoms with E-state index in [-0.39, 0.29) is 29.0 Å². The number of halogens is 1. The third-order valence-electron chi connectivity index (χ3n) is 4.65. The third kappa shape index (κ3) is 4.25. The van der Waals surface area contributed by atoms with Crippen LogP contribution in [0.2, 0.25) is 5.15 Å². The van der Waals surface area contributed by atoms with E-state index in [9.17, 15) is 14.4 Å². The van der Waals surface area contributed by atoms with Crippen molar-refractivity contribution in [3.63, 3.8) is 0 Å². The first-order chi connectivity index (χ1) is 13.4. The molecule has 1 aliphatic heterocycles. The van der Waals surface area contributed by atoms with Crippen LogP contribution in [0.1, 0.15) is 58.2 Å². The van der Waals surface area contributed by atoms with E-state index >= 15 is 0 Å². The van der Waals surface area contributed by atoms with Crippen LogP contribution in [0.25, 0.3) is 0 Å². The maximum absolute atomic E-state index is 12.4. The number of ether oxygens (including phenoxy) is 1. The molecular formula is C20H22ClN3O4. The van der Waals surface area contributed by atoms with Crippen LogP contribution >= 0.6 is 11.6 Å². The minimum absolute atomic E-state index is 0.0350. The number of esters is 1. The Morgan fingerprint density at radius 1 is 1.32 bits per heavy atom. The number of carbonyl (C=O) groups is 3. The number of hydrogen-bond donors (Lipinski definition) is 1. The average Bonchev–Trinajstić information content (AvgIpc) is 2.97. The summed E-state index contributed by atoms with van der Waals surface area (Å²) in [5.41, 5.74) is 2.71. The summed E-state index contributed by atoms with van der Waals surface area (Å²) in [6, 6.07) is 5.04. The summed E-state index contributed by atoms with van der Waals surface area (Å²) in [6.07, 6.45) is 2.84. The molecule has 1 aromatic carbocycles. The van der Waals surface area contributed by atoms with Gasteiger partial charge in [0, 0.05) is 24.2 Å². The van der Waals surface area contributed by atoms with Crippen LogP contribution in [-0.2, 0) is 22.5 Å². The van der Waals surface area contributed by atoms with Crippen LogP contribution in [0.4, 0.5) is 5.69 Å². The first-order valence-corrected chi connectivity index (χ1v) is 9.64. The van der Waals surface area contributed by atoms with Crippen molar-refractivity contribution in [1.29, 1.82) is 0 Å². The molecule has 0 saturated carbocycles. The van der Waals surface area contributed by atoms with Gasteiger partial charge in [-0.2, -0.15) is 5.10 Å². The van der Waals surface area contributed by atoms with Gasteiger partial charge in [-0.1, -0.05) is 24.9 Å². The highest BCUT2D eigenvalue weighted by molar-refractivity contribution is 6.32. The Morgan fingerprint density at radius 2 is 2.11 bits per heavy atom. The van der Waals surface area contributed by atoms with Gasteiger partial charge < -0.3 is 10.1 Å². The fourth-order valence-corrected chi connectivity index (χ4v) is 3.42. The standard InChI is InChI=1S/C20H22ClN3O4/c1-3-4-9-24-19(21)18(12(2)23-24)20(27)28-11-16(25)14-5-7-15-13(10-14)6-8-17(26)22-15/h5,7,10H,3-4,6,8-9,11H2,1-2H3,(H,22,26). The van der Waals surface area contributed by atoms with Gasteiger partial charge in [0.2, 0.25) is 5.91 Å². The van der Waals surface area contributed by atoms with E-state index in [0.29, 0.717) is 36.3 Å². The molecule has 0 unspecified atom stereocenters. The number of amides is 1. The van der Waals surface area contributed by atoms with Crippen LogP contribution in [0.15, 0.2) is 18.2 Å². The van der Waals surface area contributed by atoms with Gasteiger partial charge in [0.15, 0.2) is 12.4 Å². The number of unbranched alkanes of at least 4 members (excludes halogenated alkanes) is 1. The van der Waals surface area contributed by atoms with Crippen LogP contribution < -0.4 is 5.32 Å². The fourth-order valence-electron chi connectivity index (χ4n) is 3.08. The molecule has 0 spiro atoms. The summed E-state index contributed by atoms with van der Waals surface area (Å²) in [6.45, 7) is 3.97. The molecule has 1 aliphatic rings. The average molecular weight is 404 g/mol. The van der Waals surface area contributed by atoms with Gasteiger partial charge >= 0.3 is 5.97 Å². The molecule has 1 N–H and O–H groups in total. The van der Waals surface area contributed by atoms with Gasteiger partial charge in [-0.05, 0) is 43.5 Å². The maximum Gasteiger partial charge on any atom is 0.343 e. The number of rotatable bonds is 7. The highest BCUT2D eigenvalue weighted by Crippen LogP contribution is 2.24. The lowest BCUT2D eigenvalue weighted by atomic mass is 9.99. The molecule has 0 atom stereocenters. The highest BCUT2D eigenvalue weighted by Gasteiger charge is 2.23. The number of benzene rings is 1. The molecule has 2 aromatic rings. The van der Waals surface area contributed by atoms with E-state index in [1.54, 1.807) is 29.8 Å². The predicted molar refractivity (Wildman–Crippen MR) is 105 cm³/mol. The van der Waals surface area contributed by atoms with Gasteiger partial charge in [0.1, 0.15) is 10.7 Å². The number of fused-ring (bicyclic) bond motifs is 1. The molecule has 0 radical (unpaired) electrons. The molecule has 0 fully saturated rings. The highest BCUT2D eigenvalue weighted by atomic mass is 35.5. The van der Waals surface area contributed by atoms with E-state index in [1.165, 1.54) is 0 Å². The zero-order valence-electron chi connectivity index (χ0n) is 15.9. The van der Waals surface area contributed by atoms with Crippen molar-refractivity contribution in [2.45, 2.75) is 46.1 Å². The number of aromatic nitrogens is 2. The van der Waals surface area contributed by atoms with Crippen LogP contribution in [0.3, 0.4) is 0 Å². The topological polar surface area (TPSA) is 90.3 Å². The Bertz CT molecular complexity index is 936. The number of anilines is 1. The van der Waals surface area contributed by atoms with E-state index < -0.39 is 5.97 Å². The van der Waals surface area contributed by atoms with Gasteiger partial charge in [-0.25, -0.2) is 4.79 Å². The predicted octanol–water partition coefficient (Wildman–Crippen LogP) is 3.57. The molecular weight excluding hydrogens is 382 g/mol. The summed E-state index contributed by atoms with van der Waals surface area (Å²) in [5, 5.41) is 7.27. The summed E-state index contributed by atoms with van der Waals surface area (Å²) >= 11 is 6.26. The number of ketones is 1. The molecule has 1 aromatic heterocycles. The molecule has 1 amide bonds. The van der Waals surface area contributed by atoms with Crippen molar-refractivity contribution >= 4 is 34.9 Å². The van der Waals surface area contributed by atoms with Crippen molar-refractivity contribution in [2.24, 2.45) is 0 Å². The van der Waals surface area contributed by atoms with E-state index in [0.717, 1.165) is 18.4 Å². The third-order valence-corrected chi connectivity index (χ3v) is 5.03. The maximum atomic E-state index is 12.4. The lowest BCUT2D eigenvalue weighted by Crippen LogP contribution is -2.20. The van der Waals surface area contributed by atoms with Crippen molar-refractivity contribution in [3.05, 3.63) is 45.7 Å². The van der Waals surface area contributed by atoms with Gasteiger partial charge in [0.05, 0.1) is 5.69 Å². The van der Waals surface area contributed by atoms with Crippen molar-refractivity contribution in [2.75, 3.05) is 11.9 Å². The summed E-state index contributed by atoms with van der Waals surface area (Å²) in [5.74, 6) is -1.02. The number of Topliss-reactive ketones (excluding diaryl/α,β-unsaturated/α-hetero) is 1. The molecule has 2 heterocycles. The molecule has 0 bridgehead atoms. The normalized spacial score (nSPS) is 13.0. The second kappa shape index (κ2) is 8.56. The quantitative estimate of drug-likeness (QED) is 0.563. The Labute approximate surface area is 168 Å². The minimum Gasteiger partial charge on any atom is -0.454 e. The number of aryl methyl sites for hydroxylation is 3. The van der Waals surface area contributed by atoms with Gasteiger partial charge in [0.25, 0.3) is 0 Å². The zero-order valence-corrected chi connectivity index (χ0v) is 16.6. The Kier molecular flexibility index (Phi) is 6.14. The lowest BCUT2D eigenvalue weighted by molar-refractivity contribution is -0.116. The molecule has 8 heteroatoms. The lowest BCUT2D eigenvalue weighted by Gasteiger charge is -2.17. The SMILES string of the molecule is CCCCn1nc(C)c(C(=O)OCC(=O)c2ccc3c(c2)CCC(=O)N3)c1Cl. The summed E-state index contributed by atoms with van der Waals surface area (Å²) in [7, 11) is 0. The van der Waals surface area contributed by atoms with Crippen LogP contribution in [-0.4, -0.2) is 34.0 Å². The number of nitrogens with one attached hydrogen (secondary N) is 1. The monoisotopic (exact) mass is 403 g/mol. The fraction of sp³-hybridized carbons (Fsp3) is 0.400. The molecule has 28 heavy (non-hydrogen) atoms. The Morgan fingerprint density at radius 3 is 2.86 bits per heavy atom. The van der Waals surface area contributed by atoms with Gasteiger partial charge in [-0.15, -0.1) is 0 Å². The molecule has 0 saturated heterocycles. The van der Waals surface area contributed by atoms with E-state index in [1.807, 2.05) is 0 Å². The number of hydrogen-bond acceptors (Lipinski definition) is 5. The number of nitrogens with zero attached hydrogens (tertiary/aromatic N) is 2. The van der Waals surface area contributed by atoms with Gasteiger partial charge in [-0.3, -0.25) is 14.3 Å². The molecule has 148 valence electrons. The molecule has 0 aliphatic carbocycles. The summed E-state index contributed by atoms with van der Waals surface area (Å²) < 4.78 is 6.77. The van der Waals surface area contributed by atoms with Crippen molar-refractivity contribution in [1.82, 2.24) is 9.78 Å². The van der Waals surface area contributed by atoms with E-state index in [2.05, 4.69) is 17.3 Å². The first-order valence-electron chi connectivity index (χ1n) is 9.26. The van der Waals surface area contributed by atoms with E-state index in [4.69, 9.17) is 16.3 Å². The Balaban J connectivity index is 1.66. The number of carbonyl (C=O) groups excluding carboxylic acids is 3. The first kappa shape index (κ1) is 20.1. The second-order valence-electron chi connectivity index (χ2n) is 6.75. The van der Waals surface area contributed by atoms with Crippen molar-refractivity contribution in [3.8, 4) is 0 Å². The van der Waals surface area contributed by atoms with Crippen molar-refractivity contribution < 1.29 is 19.1 Å². The minimum atomic E-state index is -0.663. The smallest absolute Gasteiger partial charge is 0.343 e. The Hall–Kier alpha value is -2.67.